The van der Waals surface area contributed by atoms with Crippen molar-refractivity contribution in [2.24, 2.45) is 0 Å². The molecule has 0 radical (unpaired) electrons. The molecule has 0 bridgehead atoms. The number of halogens is 1. The monoisotopic (exact) mass is 373 g/mol. The van der Waals surface area contributed by atoms with Gasteiger partial charge in [-0.15, -0.1) is 0 Å². The molecule has 1 saturated heterocycles. The van der Waals surface area contributed by atoms with Crippen LogP contribution in [0.1, 0.15) is 29.0 Å². The van der Waals surface area contributed by atoms with Gasteiger partial charge in [-0.2, -0.15) is 0 Å². The minimum Gasteiger partial charge on any atom is -0.459 e. The summed E-state index contributed by atoms with van der Waals surface area (Å²) in [7, 11) is 0. The standard InChI is InChI=1S/C20H24FN3O3/c21-17-6-2-1-5-16(17)15-23-10-12-24(13-11-23)19(25)8-3-9-22-20(26)18-7-4-14-27-18/h1-2,4-7,14H,3,8-13,15H2,(H,22,26). The molecule has 0 saturated carbocycles. The fraction of sp³-hybridized carbons (Fsp3) is 0.400. The van der Waals surface area contributed by atoms with E-state index < -0.39 is 0 Å². The fourth-order valence-corrected chi connectivity index (χ4v) is 3.12. The lowest BCUT2D eigenvalue weighted by Crippen LogP contribution is -2.48. The Hall–Kier alpha value is -2.67. The number of hydrogen-bond acceptors (Lipinski definition) is 4. The summed E-state index contributed by atoms with van der Waals surface area (Å²) in [5.74, 6) is -0.0955. The number of furan rings is 1. The highest BCUT2D eigenvalue weighted by Gasteiger charge is 2.21. The normalized spacial score (nSPS) is 14.9. The second kappa shape index (κ2) is 9.32. The van der Waals surface area contributed by atoms with E-state index in [1.807, 2.05) is 11.0 Å². The summed E-state index contributed by atoms with van der Waals surface area (Å²) >= 11 is 0. The molecule has 1 aromatic heterocycles. The van der Waals surface area contributed by atoms with Crippen molar-refractivity contribution >= 4 is 11.8 Å². The van der Waals surface area contributed by atoms with Crippen LogP contribution in [0.4, 0.5) is 4.39 Å². The molecule has 0 aliphatic carbocycles. The third kappa shape index (κ3) is 5.40. The third-order valence-corrected chi connectivity index (χ3v) is 4.67. The first kappa shape index (κ1) is 19.1. The SMILES string of the molecule is O=C(NCCCC(=O)N1CCN(Cc2ccccc2F)CC1)c1ccco1. The molecule has 1 N–H and O–H groups in total. The maximum Gasteiger partial charge on any atom is 0.286 e. The topological polar surface area (TPSA) is 65.8 Å². The molecule has 0 atom stereocenters. The summed E-state index contributed by atoms with van der Waals surface area (Å²) in [6, 6.07) is 10.0. The molecule has 1 aliphatic rings. The number of rotatable bonds is 7. The van der Waals surface area contributed by atoms with E-state index in [-0.39, 0.29) is 23.4 Å². The first-order chi connectivity index (χ1) is 13.1. The number of piperazine rings is 1. The number of carbonyl (C=O) groups excluding carboxylic acids is 2. The Morgan fingerprint density at radius 1 is 1.07 bits per heavy atom. The van der Waals surface area contributed by atoms with E-state index in [9.17, 15) is 14.0 Å². The highest BCUT2D eigenvalue weighted by atomic mass is 19.1. The average molecular weight is 373 g/mol. The number of benzene rings is 1. The number of amides is 2. The maximum absolute atomic E-state index is 13.7. The minimum absolute atomic E-state index is 0.0905. The zero-order valence-corrected chi connectivity index (χ0v) is 15.2. The van der Waals surface area contributed by atoms with Crippen LogP contribution in [0, 0.1) is 5.82 Å². The Balaban J connectivity index is 1.34. The highest BCUT2D eigenvalue weighted by molar-refractivity contribution is 5.91. The minimum atomic E-state index is -0.269. The van der Waals surface area contributed by atoms with Crippen LogP contribution in [0.5, 0.6) is 0 Å². The maximum atomic E-state index is 13.7. The molecular formula is C20H24FN3O3. The molecular weight excluding hydrogens is 349 g/mol. The summed E-state index contributed by atoms with van der Waals surface area (Å²) in [5, 5.41) is 2.74. The van der Waals surface area contributed by atoms with Crippen molar-refractivity contribution in [3.05, 3.63) is 59.8 Å². The molecule has 2 heterocycles. The Labute approximate surface area is 157 Å². The Morgan fingerprint density at radius 2 is 1.85 bits per heavy atom. The largest absolute Gasteiger partial charge is 0.459 e. The molecule has 1 aromatic carbocycles. The number of nitrogens with zero attached hydrogens (tertiary/aromatic N) is 2. The highest BCUT2D eigenvalue weighted by Crippen LogP contribution is 2.12. The van der Waals surface area contributed by atoms with Crippen LogP contribution in [0.15, 0.2) is 47.1 Å². The number of nitrogens with one attached hydrogen (secondary N) is 1. The lowest BCUT2D eigenvalue weighted by molar-refractivity contribution is -0.133. The molecule has 0 spiro atoms. The molecule has 2 aromatic rings. The molecule has 7 heteroatoms. The second-order valence-electron chi connectivity index (χ2n) is 6.59. The summed E-state index contributed by atoms with van der Waals surface area (Å²) < 4.78 is 18.8. The summed E-state index contributed by atoms with van der Waals surface area (Å²) in [6.45, 7) is 3.74. The summed E-state index contributed by atoms with van der Waals surface area (Å²) in [4.78, 5) is 28.0. The zero-order chi connectivity index (χ0) is 19.1. The van der Waals surface area contributed by atoms with Gasteiger partial charge in [0, 0.05) is 51.3 Å². The van der Waals surface area contributed by atoms with Crippen molar-refractivity contribution in [1.29, 1.82) is 0 Å². The predicted octanol–water partition coefficient (Wildman–Crippen LogP) is 2.27. The van der Waals surface area contributed by atoms with Crippen molar-refractivity contribution in [1.82, 2.24) is 15.1 Å². The van der Waals surface area contributed by atoms with Crippen LogP contribution < -0.4 is 5.32 Å². The van der Waals surface area contributed by atoms with E-state index in [4.69, 9.17) is 4.42 Å². The Kier molecular flexibility index (Phi) is 6.59. The molecule has 0 unspecified atom stereocenters. The number of carbonyl (C=O) groups is 2. The molecule has 1 fully saturated rings. The molecule has 1 aliphatic heterocycles. The quantitative estimate of drug-likeness (QED) is 0.756. The molecule has 3 rings (SSSR count). The van der Waals surface area contributed by atoms with Gasteiger partial charge in [0.15, 0.2) is 5.76 Å². The summed E-state index contributed by atoms with van der Waals surface area (Å²) in [5.41, 5.74) is 0.685. The molecule has 2 amide bonds. The fourth-order valence-electron chi connectivity index (χ4n) is 3.12. The van der Waals surface area contributed by atoms with Gasteiger partial charge in [-0.05, 0) is 24.6 Å². The van der Waals surface area contributed by atoms with Crippen molar-refractivity contribution in [2.75, 3.05) is 32.7 Å². The molecule has 144 valence electrons. The number of hydrogen-bond donors (Lipinski definition) is 1. The molecule has 27 heavy (non-hydrogen) atoms. The Morgan fingerprint density at radius 3 is 2.56 bits per heavy atom. The lowest BCUT2D eigenvalue weighted by Gasteiger charge is -2.34. The average Bonchev–Trinajstić information content (AvgIpc) is 3.22. The van der Waals surface area contributed by atoms with Gasteiger partial charge >= 0.3 is 0 Å². The molecule has 6 nitrogen and oxygen atoms in total. The van der Waals surface area contributed by atoms with E-state index in [2.05, 4.69) is 10.2 Å². The van der Waals surface area contributed by atoms with Crippen LogP contribution >= 0.6 is 0 Å². The summed E-state index contributed by atoms with van der Waals surface area (Å²) in [6.07, 6.45) is 2.43. The van der Waals surface area contributed by atoms with Gasteiger partial charge in [0.1, 0.15) is 5.82 Å². The Bertz CT molecular complexity index is 756. The van der Waals surface area contributed by atoms with Crippen LogP contribution in [0.2, 0.25) is 0 Å². The van der Waals surface area contributed by atoms with E-state index in [0.717, 1.165) is 13.1 Å². The van der Waals surface area contributed by atoms with Gasteiger partial charge in [-0.25, -0.2) is 4.39 Å². The van der Waals surface area contributed by atoms with Gasteiger partial charge in [0.25, 0.3) is 5.91 Å². The van der Waals surface area contributed by atoms with Crippen molar-refractivity contribution in [3.8, 4) is 0 Å². The van der Waals surface area contributed by atoms with Crippen LogP contribution in [0.25, 0.3) is 0 Å². The van der Waals surface area contributed by atoms with Crippen molar-refractivity contribution < 1.29 is 18.4 Å². The first-order valence-corrected chi connectivity index (χ1v) is 9.19. The smallest absolute Gasteiger partial charge is 0.286 e. The van der Waals surface area contributed by atoms with E-state index in [1.54, 1.807) is 24.3 Å². The van der Waals surface area contributed by atoms with Gasteiger partial charge in [-0.3, -0.25) is 14.5 Å². The van der Waals surface area contributed by atoms with Crippen molar-refractivity contribution in [3.63, 3.8) is 0 Å². The first-order valence-electron chi connectivity index (χ1n) is 9.19. The van der Waals surface area contributed by atoms with Gasteiger partial charge in [0.05, 0.1) is 6.26 Å². The van der Waals surface area contributed by atoms with E-state index >= 15 is 0 Å². The third-order valence-electron chi connectivity index (χ3n) is 4.67. The van der Waals surface area contributed by atoms with Gasteiger partial charge in [0.2, 0.25) is 5.91 Å². The van der Waals surface area contributed by atoms with E-state index in [1.165, 1.54) is 12.3 Å². The van der Waals surface area contributed by atoms with Gasteiger partial charge in [-0.1, -0.05) is 18.2 Å². The van der Waals surface area contributed by atoms with Crippen molar-refractivity contribution in [2.45, 2.75) is 19.4 Å². The zero-order valence-electron chi connectivity index (χ0n) is 15.2. The van der Waals surface area contributed by atoms with E-state index in [0.29, 0.717) is 44.6 Å². The second-order valence-corrected chi connectivity index (χ2v) is 6.59. The van der Waals surface area contributed by atoms with Gasteiger partial charge < -0.3 is 14.6 Å². The predicted molar refractivity (Wildman–Crippen MR) is 98.5 cm³/mol. The lowest BCUT2D eigenvalue weighted by atomic mass is 10.1. The van der Waals surface area contributed by atoms with Crippen LogP contribution in [0.3, 0.4) is 0 Å². The van der Waals surface area contributed by atoms with Crippen LogP contribution in [-0.2, 0) is 11.3 Å². The van der Waals surface area contributed by atoms with Crippen LogP contribution in [-0.4, -0.2) is 54.3 Å².